The maximum atomic E-state index is 13.7. The SMILES string of the molecule is CN(C)/N=C\c1ccc([C@](O)(c2nc3ccccc3s2)C(F)(F)F)o1. The Morgan fingerprint density at radius 1 is 1.20 bits per heavy atom. The average Bonchev–Trinajstić information content (AvgIpc) is 3.18. The molecule has 0 fully saturated rings. The third-order valence-electron chi connectivity index (χ3n) is 3.41. The molecular formula is C16H14F3N3O2S. The first-order chi connectivity index (χ1) is 11.7. The predicted molar refractivity (Wildman–Crippen MR) is 88.7 cm³/mol. The topological polar surface area (TPSA) is 61.9 Å². The minimum atomic E-state index is -5.01. The van der Waals surface area contributed by atoms with Gasteiger partial charge in [0.2, 0.25) is 0 Å². The van der Waals surface area contributed by atoms with Gasteiger partial charge in [0.1, 0.15) is 10.8 Å². The molecule has 9 heteroatoms. The summed E-state index contributed by atoms with van der Waals surface area (Å²) < 4.78 is 47.0. The Bertz CT molecular complexity index is 884. The van der Waals surface area contributed by atoms with Crippen LogP contribution in [-0.4, -0.2) is 41.6 Å². The van der Waals surface area contributed by atoms with Crippen molar-refractivity contribution in [3.05, 3.63) is 52.9 Å². The number of alkyl halides is 3. The summed E-state index contributed by atoms with van der Waals surface area (Å²) >= 11 is 0.770. The van der Waals surface area contributed by atoms with Gasteiger partial charge in [0.25, 0.3) is 5.60 Å². The largest absolute Gasteiger partial charge is 0.456 e. The highest BCUT2D eigenvalue weighted by molar-refractivity contribution is 7.18. The molecule has 0 saturated carbocycles. The van der Waals surface area contributed by atoms with Crippen LogP contribution in [0.3, 0.4) is 0 Å². The Morgan fingerprint density at radius 3 is 2.56 bits per heavy atom. The van der Waals surface area contributed by atoms with Crippen LogP contribution < -0.4 is 0 Å². The predicted octanol–water partition coefficient (Wildman–Crippen LogP) is 3.58. The van der Waals surface area contributed by atoms with Crippen LogP contribution in [0.5, 0.6) is 0 Å². The monoisotopic (exact) mass is 369 g/mol. The van der Waals surface area contributed by atoms with Gasteiger partial charge in [-0.25, -0.2) is 4.98 Å². The van der Waals surface area contributed by atoms with Crippen LogP contribution >= 0.6 is 11.3 Å². The fraction of sp³-hybridized carbons (Fsp3) is 0.250. The van der Waals surface area contributed by atoms with Crippen LogP contribution in [0.4, 0.5) is 13.2 Å². The molecule has 0 bridgehead atoms. The van der Waals surface area contributed by atoms with E-state index in [9.17, 15) is 18.3 Å². The molecule has 0 spiro atoms. The van der Waals surface area contributed by atoms with Crippen molar-refractivity contribution in [2.45, 2.75) is 11.8 Å². The zero-order valence-electron chi connectivity index (χ0n) is 13.3. The first kappa shape index (κ1) is 17.4. The van der Waals surface area contributed by atoms with E-state index < -0.39 is 22.5 Å². The lowest BCUT2D eigenvalue weighted by Gasteiger charge is -2.26. The van der Waals surface area contributed by atoms with Gasteiger partial charge in [0.05, 0.1) is 16.4 Å². The van der Waals surface area contributed by atoms with Crippen LogP contribution in [0, 0.1) is 0 Å². The average molecular weight is 369 g/mol. The maximum Gasteiger partial charge on any atom is 0.431 e. The minimum absolute atomic E-state index is 0.0903. The first-order valence-electron chi connectivity index (χ1n) is 7.18. The summed E-state index contributed by atoms with van der Waals surface area (Å²) in [7, 11) is 3.32. The summed E-state index contributed by atoms with van der Waals surface area (Å²) in [6, 6.07) is 8.98. The van der Waals surface area contributed by atoms with Gasteiger partial charge in [-0.1, -0.05) is 12.1 Å². The zero-order chi connectivity index (χ0) is 18.2. The normalized spacial score (nSPS) is 15.0. The van der Waals surface area contributed by atoms with Crippen molar-refractivity contribution in [2.75, 3.05) is 14.1 Å². The Morgan fingerprint density at radius 2 is 1.92 bits per heavy atom. The molecule has 2 heterocycles. The van der Waals surface area contributed by atoms with Crippen LogP contribution in [0.1, 0.15) is 16.5 Å². The van der Waals surface area contributed by atoms with Gasteiger partial charge in [0.15, 0.2) is 5.76 Å². The molecule has 5 nitrogen and oxygen atoms in total. The number of aliphatic hydroxyl groups is 1. The Kier molecular flexibility index (Phi) is 4.29. The van der Waals surface area contributed by atoms with E-state index in [1.54, 1.807) is 38.4 Å². The highest BCUT2D eigenvalue weighted by Crippen LogP contribution is 2.46. The second-order valence-electron chi connectivity index (χ2n) is 5.49. The number of aromatic nitrogens is 1. The van der Waals surface area contributed by atoms with E-state index in [0.29, 0.717) is 10.2 Å². The highest BCUT2D eigenvalue weighted by atomic mass is 32.1. The Balaban J connectivity index is 2.11. The molecule has 3 rings (SSSR count). The van der Waals surface area contributed by atoms with Crippen molar-refractivity contribution < 1.29 is 22.7 Å². The lowest BCUT2D eigenvalue weighted by atomic mass is 10.0. The quantitative estimate of drug-likeness (QED) is 0.564. The Labute approximate surface area is 145 Å². The third-order valence-corrected chi connectivity index (χ3v) is 4.56. The number of halogens is 3. The molecule has 3 aromatic rings. The number of para-hydroxylation sites is 1. The summed E-state index contributed by atoms with van der Waals surface area (Å²) in [4.78, 5) is 3.96. The second kappa shape index (κ2) is 6.16. The smallest absolute Gasteiger partial charge is 0.431 e. The number of hydrogen-bond donors (Lipinski definition) is 1. The van der Waals surface area contributed by atoms with E-state index in [1.807, 2.05) is 0 Å². The molecule has 1 N–H and O–H groups in total. The summed E-state index contributed by atoms with van der Waals surface area (Å²) in [5.41, 5.74) is -2.95. The number of hydrogen-bond acceptors (Lipinski definition) is 6. The van der Waals surface area contributed by atoms with Crippen LogP contribution in [-0.2, 0) is 5.60 Å². The maximum absolute atomic E-state index is 13.7. The fourth-order valence-corrected chi connectivity index (χ4v) is 3.26. The van der Waals surface area contributed by atoms with Crippen LogP contribution in [0.25, 0.3) is 10.2 Å². The number of benzene rings is 1. The number of nitrogens with zero attached hydrogens (tertiary/aromatic N) is 3. The molecule has 2 aromatic heterocycles. The molecule has 0 amide bonds. The molecule has 0 aliphatic heterocycles. The van der Waals surface area contributed by atoms with Gasteiger partial charge < -0.3 is 14.5 Å². The van der Waals surface area contributed by atoms with Crippen molar-refractivity contribution in [1.82, 2.24) is 9.99 Å². The van der Waals surface area contributed by atoms with Gasteiger partial charge in [-0.3, -0.25) is 0 Å². The van der Waals surface area contributed by atoms with Crippen LogP contribution in [0.2, 0.25) is 0 Å². The molecule has 0 aliphatic carbocycles. The first-order valence-corrected chi connectivity index (χ1v) is 8.00. The van der Waals surface area contributed by atoms with Crippen molar-refractivity contribution in [3.63, 3.8) is 0 Å². The second-order valence-corrected chi connectivity index (χ2v) is 6.52. The van der Waals surface area contributed by atoms with E-state index in [2.05, 4.69) is 10.1 Å². The van der Waals surface area contributed by atoms with Crippen molar-refractivity contribution in [1.29, 1.82) is 0 Å². The third kappa shape index (κ3) is 3.12. The van der Waals surface area contributed by atoms with Gasteiger partial charge in [-0.15, -0.1) is 11.3 Å². The van der Waals surface area contributed by atoms with Gasteiger partial charge in [-0.05, 0) is 24.3 Å². The van der Waals surface area contributed by atoms with E-state index in [-0.39, 0.29) is 5.76 Å². The molecular weight excluding hydrogens is 355 g/mol. The highest BCUT2D eigenvalue weighted by Gasteiger charge is 2.60. The standard InChI is InChI=1S/C16H14F3N3O2S/c1-22(2)20-9-10-7-8-13(24-10)15(23,16(17,18)19)14-21-11-5-3-4-6-12(11)25-14/h3-9,23H,1-2H3/b20-9-/t15-/m0/s1. The summed E-state index contributed by atoms with van der Waals surface area (Å²) in [6.45, 7) is 0. The van der Waals surface area contributed by atoms with Gasteiger partial charge >= 0.3 is 6.18 Å². The number of rotatable bonds is 4. The zero-order valence-corrected chi connectivity index (χ0v) is 14.1. The Hall–Kier alpha value is -2.39. The van der Waals surface area contributed by atoms with E-state index in [1.165, 1.54) is 17.3 Å². The molecule has 25 heavy (non-hydrogen) atoms. The number of thiazole rings is 1. The van der Waals surface area contributed by atoms with Crippen molar-refractivity contribution >= 4 is 27.8 Å². The van der Waals surface area contributed by atoms with Crippen molar-refractivity contribution in [3.8, 4) is 0 Å². The molecule has 132 valence electrons. The molecule has 0 radical (unpaired) electrons. The molecule has 1 aromatic carbocycles. The van der Waals surface area contributed by atoms with E-state index in [0.717, 1.165) is 17.4 Å². The lowest BCUT2D eigenvalue weighted by molar-refractivity contribution is -0.254. The van der Waals surface area contributed by atoms with Gasteiger partial charge in [-0.2, -0.15) is 18.3 Å². The van der Waals surface area contributed by atoms with Crippen LogP contribution in [0.15, 0.2) is 45.9 Å². The molecule has 0 unspecified atom stereocenters. The molecule has 0 saturated heterocycles. The summed E-state index contributed by atoms with van der Waals surface area (Å²) in [5.74, 6) is -0.563. The number of fused-ring (bicyclic) bond motifs is 1. The fourth-order valence-electron chi connectivity index (χ4n) is 2.18. The van der Waals surface area contributed by atoms with Crippen molar-refractivity contribution in [2.24, 2.45) is 5.10 Å². The van der Waals surface area contributed by atoms with E-state index in [4.69, 9.17) is 4.42 Å². The van der Waals surface area contributed by atoms with Gasteiger partial charge in [0, 0.05) is 14.1 Å². The lowest BCUT2D eigenvalue weighted by Crippen LogP contribution is -2.43. The van der Waals surface area contributed by atoms with E-state index >= 15 is 0 Å². The summed E-state index contributed by atoms with van der Waals surface area (Å²) in [6.07, 6.45) is -3.74. The molecule has 1 atom stereocenters. The minimum Gasteiger partial charge on any atom is -0.456 e. The number of hydrazone groups is 1. The molecule has 0 aliphatic rings. The number of furan rings is 1. The summed E-state index contributed by atoms with van der Waals surface area (Å²) in [5, 5.41) is 15.4.